The van der Waals surface area contributed by atoms with Crippen LogP contribution in [0.5, 0.6) is 0 Å². The topological polar surface area (TPSA) is 54.8 Å². The molecule has 0 radical (unpaired) electrons. The van der Waals surface area contributed by atoms with Crippen molar-refractivity contribution in [3.8, 4) is 0 Å². The molecule has 0 amide bonds. The predicted molar refractivity (Wildman–Crippen MR) is 131 cm³/mol. The first-order valence-corrected chi connectivity index (χ1v) is 10.8. The van der Waals surface area contributed by atoms with E-state index in [1.165, 1.54) is 0 Å². The molecule has 6 aromatic rings. The second kappa shape index (κ2) is 7.24. The fourth-order valence-corrected chi connectivity index (χ4v) is 4.21. The Morgan fingerprint density at radius 3 is 1.44 bits per heavy atom. The molecule has 154 valence electrons. The van der Waals surface area contributed by atoms with E-state index in [4.69, 9.17) is 19.9 Å². The predicted octanol–water partition coefficient (Wildman–Crippen LogP) is 6.43. The van der Waals surface area contributed by atoms with Crippen LogP contribution >= 0.6 is 0 Å². The highest BCUT2D eigenvalue weighted by Gasteiger charge is 2.17. The maximum Gasteiger partial charge on any atom is 0.135 e. The van der Waals surface area contributed by atoms with Crippen LogP contribution in [-0.2, 0) is 0 Å². The van der Waals surface area contributed by atoms with Crippen LogP contribution in [0.4, 0.5) is 11.6 Å². The number of hydrogen-bond acceptors (Lipinski definition) is 5. The molecule has 0 fully saturated rings. The Morgan fingerprint density at radius 1 is 0.500 bits per heavy atom. The van der Waals surface area contributed by atoms with Gasteiger partial charge in [0.05, 0.1) is 33.1 Å². The van der Waals surface area contributed by atoms with E-state index in [2.05, 4.69) is 43.0 Å². The first-order valence-electron chi connectivity index (χ1n) is 10.8. The van der Waals surface area contributed by atoms with Crippen molar-refractivity contribution in [2.75, 3.05) is 4.90 Å². The Labute approximate surface area is 185 Å². The zero-order chi connectivity index (χ0) is 21.7. The molecule has 5 heteroatoms. The van der Waals surface area contributed by atoms with Crippen LogP contribution < -0.4 is 4.90 Å². The van der Waals surface area contributed by atoms with Crippen LogP contribution in [-0.4, -0.2) is 26.0 Å². The third-order valence-corrected chi connectivity index (χ3v) is 5.73. The van der Waals surface area contributed by atoms with Gasteiger partial charge in [0.1, 0.15) is 11.6 Å². The summed E-state index contributed by atoms with van der Waals surface area (Å²) in [5, 5.41) is 2.17. The van der Waals surface area contributed by atoms with Crippen LogP contribution in [0.15, 0.2) is 84.9 Å². The van der Waals surface area contributed by atoms with Crippen molar-refractivity contribution < 1.29 is 0 Å². The summed E-state index contributed by atoms with van der Waals surface area (Å²) in [4.78, 5) is 21.6. The van der Waals surface area contributed by atoms with Crippen LogP contribution in [0.1, 0.15) is 13.8 Å². The molecule has 2 aromatic carbocycles. The molecule has 0 N–H and O–H groups in total. The summed E-state index contributed by atoms with van der Waals surface area (Å²) in [6.07, 6.45) is 0. The van der Waals surface area contributed by atoms with Crippen LogP contribution in [0.3, 0.4) is 0 Å². The van der Waals surface area contributed by atoms with Crippen molar-refractivity contribution in [3.63, 3.8) is 0 Å². The largest absolute Gasteiger partial charge is 0.308 e. The Morgan fingerprint density at radius 2 is 0.969 bits per heavy atom. The van der Waals surface area contributed by atoms with E-state index in [1.807, 2.05) is 60.7 Å². The summed E-state index contributed by atoms with van der Waals surface area (Å²) in [6, 6.07) is 28.7. The molecule has 0 bridgehead atoms. The van der Waals surface area contributed by atoms with Gasteiger partial charge in [0.15, 0.2) is 0 Å². The van der Waals surface area contributed by atoms with Gasteiger partial charge in [-0.05, 0) is 62.4 Å². The summed E-state index contributed by atoms with van der Waals surface area (Å²) < 4.78 is 0. The van der Waals surface area contributed by atoms with Crippen LogP contribution in [0.25, 0.3) is 43.9 Å². The highest BCUT2D eigenvalue weighted by molar-refractivity contribution is 5.93. The molecule has 0 aliphatic carbocycles. The second-order valence-electron chi connectivity index (χ2n) is 8.24. The number of hydrogen-bond donors (Lipinski definition) is 0. The minimum Gasteiger partial charge on any atom is -0.308 e. The average Bonchev–Trinajstić information content (AvgIpc) is 2.81. The van der Waals surface area contributed by atoms with Gasteiger partial charge in [0, 0.05) is 16.8 Å². The van der Waals surface area contributed by atoms with Gasteiger partial charge in [-0.25, -0.2) is 19.9 Å². The van der Waals surface area contributed by atoms with E-state index >= 15 is 0 Å². The van der Waals surface area contributed by atoms with Crippen molar-refractivity contribution in [1.29, 1.82) is 0 Å². The highest BCUT2D eigenvalue weighted by Crippen LogP contribution is 2.29. The lowest BCUT2D eigenvalue weighted by Gasteiger charge is -2.27. The van der Waals surface area contributed by atoms with Gasteiger partial charge in [0.25, 0.3) is 0 Å². The summed E-state index contributed by atoms with van der Waals surface area (Å²) in [7, 11) is 0. The molecule has 0 saturated carbocycles. The number of rotatable bonds is 3. The highest BCUT2D eigenvalue weighted by atomic mass is 15.3. The number of para-hydroxylation sites is 2. The first-order chi connectivity index (χ1) is 15.7. The lowest BCUT2D eigenvalue weighted by Crippen LogP contribution is -2.27. The number of fused-ring (bicyclic) bond motifs is 4. The number of nitrogens with zero attached hydrogens (tertiary/aromatic N) is 5. The smallest absolute Gasteiger partial charge is 0.135 e. The summed E-state index contributed by atoms with van der Waals surface area (Å²) >= 11 is 0. The Kier molecular flexibility index (Phi) is 4.21. The van der Waals surface area contributed by atoms with Gasteiger partial charge in [-0.3, -0.25) is 0 Å². The standard InChI is InChI=1S/C27H21N5/c1-17(2)32(26-13-11-22-24(30-26)15-18-7-3-5-9-20(18)28-22)27-14-12-23-25(31-27)16-19-8-4-6-10-21(19)29-23/h3-17H,1-2H3. The average molecular weight is 416 g/mol. The maximum absolute atomic E-state index is 4.96. The van der Waals surface area contributed by atoms with E-state index in [0.717, 1.165) is 55.5 Å². The minimum atomic E-state index is 0.173. The molecule has 4 heterocycles. The molecule has 0 unspecified atom stereocenters. The number of anilines is 2. The van der Waals surface area contributed by atoms with E-state index in [-0.39, 0.29) is 6.04 Å². The second-order valence-corrected chi connectivity index (χ2v) is 8.24. The molecular weight excluding hydrogens is 394 g/mol. The van der Waals surface area contributed by atoms with Gasteiger partial charge < -0.3 is 4.90 Å². The molecule has 0 atom stereocenters. The Hall–Kier alpha value is -4.12. The third kappa shape index (κ3) is 3.10. The van der Waals surface area contributed by atoms with Crippen LogP contribution in [0, 0.1) is 0 Å². The monoisotopic (exact) mass is 415 g/mol. The van der Waals surface area contributed by atoms with Gasteiger partial charge in [-0.1, -0.05) is 36.4 Å². The normalized spacial score (nSPS) is 11.7. The quantitative estimate of drug-likeness (QED) is 0.312. The summed E-state index contributed by atoms with van der Waals surface area (Å²) in [6.45, 7) is 4.30. The van der Waals surface area contributed by atoms with Gasteiger partial charge in [-0.15, -0.1) is 0 Å². The first kappa shape index (κ1) is 18.6. The Bertz CT molecular complexity index is 1500. The van der Waals surface area contributed by atoms with E-state index in [0.29, 0.717) is 0 Å². The molecule has 6 rings (SSSR count). The molecule has 32 heavy (non-hydrogen) atoms. The zero-order valence-electron chi connectivity index (χ0n) is 17.9. The lowest BCUT2D eigenvalue weighted by atomic mass is 10.2. The maximum atomic E-state index is 4.96. The van der Waals surface area contributed by atoms with E-state index in [1.54, 1.807) is 0 Å². The van der Waals surface area contributed by atoms with E-state index < -0.39 is 0 Å². The van der Waals surface area contributed by atoms with Crippen LogP contribution in [0.2, 0.25) is 0 Å². The molecule has 0 spiro atoms. The SMILES string of the molecule is CC(C)N(c1ccc2nc3ccccc3cc2n1)c1ccc2nc3ccccc3cc2n1. The summed E-state index contributed by atoms with van der Waals surface area (Å²) in [5.41, 5.74) is 5.48. The Balaban J connectivity index is 1.49. The number of pyridine rings is 4. The van der Waals surface area contributed by atoms with Gasteiger partial charge >= 0.3 is 0 Å². The van der Waals surface area contributed by atoms with Crippen molar-refractivity contribution in [3.05, 3.63) is 84.9 Å². The summed E-state index contributed by atoms with van der Waals surface area (Å²) in [5.74, 6) is 1.70. The van der Waals surface area contributed by atoms with Gasteiger partial charge in [0.2, 0.25) is 0 Å². The molecule has 0 saturated heterocycles. The van der Waals surface area contributed by atoms with Crippen molar-refractivity contribution in [2.24, 2.45) is 0 Å². The van der Waals surface area contributed by atoms with Crippen molar-refractivity contribution in [2.45, 2.75) is 19.9 Å². The lowest BCUT2D eigenvalue weighted by molar-refractivity contribution is 0.769. The molecular formula is C27H21N5. The van der Waals surface area contributed by atoms with Crippen molar-refractivity contribution in [1.82, 2.24) is 19.9 Å². The fraction of sp³-hybridized carbons (Fsp3) is 0.111. The molecule has 5 nitrogen and oxygen atoms in total. The molecule has 4 aromatic heterocycles. The van der Waals surface area contributed by atoms with Crippen molar-refractivity contribution >= 4 is 55.5 Å². The minimum absolute atomic E-state index is 0.173. The fourth-order valence-electron chi connectivity index (χ4n) is 4.21. The van der Waals surface area contributed by atoms with Gasteiger partial charge in [-0.2, -0.15) is 0 Å². The number of benzene rings is 2. The zero-order valence-corrected chi connectivity index (χ0v) is 17.9. The third-order valence-electron chi connectivity index (χ3n) is 5.73. The molecule has 0 aliphatic heterocycles. The van der Waals surface area contributed by atoms with E-state index in [9.17, 15) is 0 Å². The number of aromatic nitrogens is 4. The molecule has 0 aliphatic rings.